The number of nitrogen functional groups attached to an aromatic ring is 1. The van der Waals surface area contributed by atoms with Crippen LogP contribution in [-0.2, 0) is 16.1 Å². The zero-order valence-corrected chi connectivity index (χ0v) is 21.9. The molecule has 39 heavy (non-hydrogen) atoms. The Bertz CT molecular complexity index is 1890. The smallest absolute Gasteiger partial charge is 0.242 e. The van der Waals surface area contributed by atoms with E-state index in [1.165, 1.54) is 0 Å². The molecule has 0 saturated carbocycles. The highest BCUT2D eigenvalue weighted by atomic mass is 16.2. The Labute approximate surface area is 224 Å². The summed E-state index contributed by atoms with van der Waals surface area (Å²) in [5, 5.41) is 6.74. The number of rotatable bonds is 8. The predicted molar refractivity (Wildman–Crippen MR) is 154 cm³/mol. The zero-order valence-electron chi connectivity index (χ0n) is 21.9. The largest absolute Gasteiger partial charge is 0.350 e. The van der Waals surface area contributed by atoms with Gasteiger partial charge in [-0.25, -0.2) is 14.6 Å². The Morgan fingerprint density at radius 2 is 1.74 bits per heavy atom. The highest BCUT2D eigenvalue weighted by Gasteiger charge is 2.18. The number of H-pyrrole nitrogens is 1. The number of hydrogen-bond donors (Lipinski definition) is 3. The third kappa shape index (κ3) is 4.31. The normalized spacial score (nSPS) is 11.5. The average molecular weight is 520 g/mol. The predicted octanol–water partition coefficient (Wildman–Crippen LogP) is 4.39. The molecule has 0 aliphatic rings. The van der Waals surface area contributed by atoms with Gasteiger partial charge in [-0.3, -0.25) is 9.59 Å². The number of carbonyl (C=O) groups excluding carboxylic acids is 2. The second-order valence-corrected chi connectivity index (χ2v) is 9.80. The van der Waals surface area contributed by atoms with Gasteiger partial charge in [-0.2, -0.15) is 0 Å². The van der Waals surface area contributed by atoms with Crippen LogP contribution in [0.3, 0.4) is 0 Å². The van der Waals surface area contributed by atoms with E-state index in [0.29, 0.717) is 18.8 Å². The second kappa shape index (κ2) is 9.75. The van der Waals surface area contributed by atoms with Crippen LogP contribution in [0.25, 0.3) is 54.7 Å². The molecule has 0 atom stereocenters. The van der Waals surface area contributed by atoms with Crippen LogP contribution in [0.1, 0.15) is 25.0 Å². The number of nitrogens with one attached hydrogen (secondary N) is 2. The lowest BCUT2D eigenvalue weighted by Gasteiger charge is -2.21. The molecule has 2 aromatic heterocycles. The van der Waals surface area contributed by atoms with Gasteiger partial charge in [0, 0.05) is 17.3 Å². The van der Waals surface area contributed by atoms with Gasteiger partial charge >= 0.3 is 0 Å². The SMILES string of the molecule is CCCN(Cc1nc2ccc3cc(-c4ccc5c(ccc6[nH]c(C)nc65)c4)ccc3c2n1N)C(=O)CNC=O. The van der Waals surface area contributed by atoms with Crippen LogP contribution in [0.2, 0.25) is 0 Å². The van der Waals surface area contributed by atoms with Gasteiger partial charge in [-0.05, 0) is 59.5 Å². The number of carbonyl (C=O) groups is 2. The molecule has 0 saturated heterocycles. The van der Waals surface area contributed by atoms with Gasteiger partial charge in [0.1, 0.15) is 11.6 Å². The van der Waals surface area contributed by atoms with Crippen molar-refractivity contribution in [2.24, 2.45) is 0 Å². The third-order valence-corrected chi connectivity index (χ3v) is 7.17. The number of aromatic nitrogens is 4. The van der Waals surface area contributed by atoms with Crippen LogP contribution in [0.5, 0.6) is 0 Å². The molecule has 0 aliphatic carbocycles. The number of aryl methyl sites for hydroxylation is 1. The van der Waals surface area contributed by atoms with Crippen LogP contribution >= 0.6 is 0 Å². The van der Waals surface area contributed by atoms with Gasteiger partial charge in [0.25, 0.3) is 0 Å². The third-order valence-electron chi connectivity index (χ3n) is 7.17. The molecule has 0 spiro atoms. The summed E-state index contributed by atoms with van der Waals surface area (Å²) in [5.74, 6) is 7.86. The monoisotopic (exact) mass is 519 g/mol. The molecule has 9 heteroatoms. The van der Waals surface area contributed by atoms with E-state index in [0.717, 1.165) is 67.0 Å². The molecule has 2 amide bonds. The first kappa shape index (κ1) is 24.4. The molecule has 6 aromatic rings. The highest BCUT2D eigenvalue weighted by molar-refractivity contribution is 6.07. The minimum absolute atomic E-state index is 0.0546. The Hall–Kier alpha value is -4.92. The maximum Gasteiger partial charge on any atom is 0.242 e. The summed E-state index contributed by atoms with van der Waals surface area (Å²) in [5.41, 5.74) is 5.85. The van der Waals surface area contributed by atoms with E-state index < -0.39 is 0 Å². The second-order valence-electron chi connectivity index (χ2n) is 9.80. The molecule has 0 aliphatic heterocycles. The van der Waals surface area contributed by atoms with Gasteiger partial charge in [0.2, 0.25) is 12.3 Å². The van der Waals surface area contributed by atoms with E-state index in [9.17, 15) is 9.59 Å². The van der Waals surface area contributed by atoms with Gasteiger partial charge in [-0.15, -0.1) is 0 Å². The first-order valence-corrected chi connectivity index (χ1v) is 13.0. The first-order chi connectivity index (χ1) is 19.0. The highest BCUT2D eigenvalue weighted by Crippen LogP contribution is 2.32. The number of aromatic amines is 1. The minimum Gasteiger partial charge on any atom is -0.350 e. The molecule has 2 heterocycles. The van der Waals surface area contributed by atoms with Gasteiger partial charge < -0.3 is 21.0 Å². The quantitative estimate of drug-likeness (QED) is 0.203. The van der Waals surface area contributed by atoms with Crippen LogP contribution in [0.15, 0.2) is 60.7 Å². The fourth-order valence-electron chi connectivity index (χ4n) is 5.34. The molecule has 0 bridgehead atoms. The summed E-state index contributed by atoms with van der Waals surface area (Å²) >= 11 is 0. The first-order valence-electron chi connectivity index (χ1n) is 13.0. The van der Waals surface area contributed by atoms with E-state index in [4.69, 9.17) is 10.8 Å². The van der Waals surface area contributed by atoms with Crippen LogP contribution in [0.4, 0.5) is 0 Å². The summed E-state index contributed by atoms with van der Waals surface area (Å²) in [6.45, 7) is 4.72. The lowest BCUT2D eigenvalue weighted by molar-refractivity contribution is -0.132. The van der Waals surface area contributed by atoms with Crippen molar-refractivity contribution < 1.29 is 9.59 Å². The summed E-state index contributed by atoms with van der Waals surface area (Å²) in [4.78, 5) is 37.6. The molecule has 196 valence electrons. The number of hydrogen-bond acceptors (Lipinski definition) is 5. The van der Waals surface area contributed by atoms with Crippen molar-refractivity contribution in [3.63, 3.8) is 0 Å². The summed E-state index contributed by atoms with van der Waals surface area (Å²) in [7, 11) is 0. The van der Waals surface area contributed by atoms with Crippen LogP contribution in [0, 0.1) is 6.92 Å². The Morgan fingerprint density at radius 3 is 2.49 bits per heavy atom. The topological polar surface area (TPSA) is 122 Å². The van der Waals surface area contributed by atoms with Gasteiger partial charge in [0.05, 0.1) is 35.2 Å². The lowest BCUT2D eigenvalue weighted by atomic mass is 9.98. The van der Waals surface area contributed by atoms with E-state index in [-0.39, 0.29) is 19.0 Å². The molecule has 6 rings (SSSR count). The van der Waals surface area contributed by atoms with E-state index in [2.05, 4.69) is 69.9 Å². The standard InChI is InChI=1S/C30H29N7O2/c1-3-12-36(28(39)15-32-17-38)16-27-35-26-11-7-22-14-20(5-9-24(22)30(26)37(27)31)19-4-8-23-21(13-19)6-10-25-29(23)34-18(2)33-25/h4-11,13-14,17H,3,12,15-16,31H2,1-2H3,(H,32,38)(H,33,34). The molecule has 9 nitrogen and oxygen atoms in total. The average Bonchev–Trinajstić information content (AvgIpc) is 3.49. The molecule has 0 unspecified atom stereocenters. The number of nitrogens with two attached hydrogens (primary N) is 1. The Balaban J connectivity index is 1.36. The van der Waals surface area contributed by atoms with Crippen molar-refractivity contribution in [2.45, 2.75) is 26.8 Å². The molecule has 4 aromatic carbocycles. The van der Waals surface area contributed by atoms with Crippen molar-refractivity contribution in [3.05, 3.63) is 72.3 Å². The van der Waals surface area contributed by atoms with Gasteiger partial charge in [0.15, 0.2) is 0 Å². The number of fused-ring (bicyclic) bond motifs is 6. The molecule has 0 fully saturated rings. The molecule has 4 N–H and O–H groups in total. The van der Waals surface area contributed by atoms with Crippen LogP contribution < -0.4 is 11.2 Å². The van der Waals surface area contributed by atoms with E-state index in [1.54, 1.807) is 9.58 Å². The number of nitrogens with zero attached hydrogens (tertiary/aromatic N) is 4. The van der Waals surface area contributed by atoms with Crippen molar-refractivity contribution in [3.8, 4) is 11.1 Å². The maximum absolute atomic E-state index is 12.6. The van der Waals surface area contributed by atoms with Crippen molar-refractivity contribution in [1.29, 1.82) is 0 Å². The summed E-state index contributed by atoms with van der Waals surface area (Å²) in [6, 6.07) is 21.0. The van der Waals surface area contributed by atoms with Crippen molar-refractivity contribution >= 4 is 55.9 Å². The number of imidazole rings is 2. The number of amides is 2. The number of benzene rings is 4. The fourth-order valence-corrected chi connectivity index (χ4v) is 5.34. The van der Waals surface area contributed by atoms with Gasteiger partial charge in [-0.1, -0.05) is 43.3 Å². The molecular formula is C30H29N7O2. The Kier molecular flexibility index (Phi) is 6.11. The fraction of sp³-hybridized carbons (Fsp3) is 0.200. The molecule has 0 radical (unpaired) electrons. The Morgan fingerprint density at radius 1 is 1.03 bits per heavy atom. The maximum atomic E-state index is 12.6. The van der Waals surface area contributed by atoms with E-state index >= 15 is 0 Å². The van der Waals surface area contributed by atoms with Crippen molar-refractivity contribution in [2.75, 3.05) is 18.9 Å². The minimum atomic E-state index is -0.177. The summed E-state index contributed by atoms with van der Waals surface area (Å²) < 4.78 is 1.58. The molecular weight excluding hydrogens is 490 g/mol. The van der Waals surface area contributed by atoms with Crippen LogP contribution in [-0.4, -0.2) is 49.9 Å². The van der Waals surface area contributed by atoms with E-state index in [1.807, 2.05) is 19.9 Å². The zero-order chi connectivity index (χ0) is 27.1. The summed E-state index contributed by atoms with van der Waals surface area (Å²) in [6.07, 6.45) is 1.31. The lowest BCUT2D eigenvalue weighted by Crippen LogP contribution is -2.38. The van der Waals surface area contributed by atoms with Crippen molar-refractivity contribution in [1.82, 2.24) is 29.8 Å².